The Labute approximate surface area is 248 Å². The minimum absolute atomic E-state index is 0.353. The van der Waals surface area contributed by atoms with Crippen LogP contribution in [0.5, 0.6) is 0 Å². The number of anilines is 3. The summed E-state index contributed by atoms with van der Waals surface area (Å²) in [6, 6.07) is 18.8. The zero-order chi connectivity index (χ0) is 28.2. The van der Waals surface area contributed by atoms with Crippen LogP contribution in [0.15, 0.2) is 66.0 Å². The molecule has 0 bridgehead atoms. The first-order valence-corrected chi connectivity index (χ1v) is 16.6. The lowest BCUT2D eigenvalue weighted by molar-refractivity contribution is 0.245. The van der Waals surface area contributed by atoms with Gasteiger partial charge < -0.3 is 9.80 Å². The maximum atomic E-state index is 4.57. The van der Waals surface area contributed by atoms with Crippen molar-refractivity contribution in [1.82, 2.24) is 5.01 Å². The molecule has 5 heteroatoms. The van der Waals surface area contributed by atoms with Gasteiger partial charge in [0.15, 0.2) is 0 Å². The average Bonchev–Trinajstić information content (AvgIpc) is 3.67. The van der Waals surface area contributed by atoms with Crippen LogP contribution in [0.2, 0.25) is 0 Å². The van der Waals surface area contributed by atoms with Gasteiger partial charge in [-0.2, -0.15) is 5.10 Å². The van der Waals surface area contributed by atoms with E-state index in [0.29, 0.717) is 6.04 Å². The lowest BCUT2D eigenvalue weighted by Gasteiger charge is -2.37. The van der Waals surface area contributed by atoms with Crippen LogP contribution in [0.1, 0.15) is 83.6 Å². The van der Waals surface area contributed by atoms with Crippen LogP contribution in [0.25, 0.3) is 0 Å². The fraction of sp³-hybridized carbons (Fsp3) is 0.583. The van der Waals surface area contributed by atoms with Crippen molar-refractivity contribution >= 4 is 23.4 Å². The summed E-state index contributed by atoms with van der Waals surface area (Å²) in [5.41, 5.74) is 5.30. The van der Waals surface area contributed by atoms with Gasteiger partial charge in [-0.25, -0.2) is 5.01 Å². The Kier molecular flexibility index (Phi) is 8.88. The molecule has 0 amide bonds. The molecule has 2 unspecified atom stereocenters. The average molecular weight is 554 g/mol. The molecule has 0 aromatic heterocycles. The van der Waals surface area contributed by atoms with Crippen molar-refractivity contribution in [1.29, 1.82) is 0 Å². The second-order valence-corrected chi connectivity index (χ2v) is 13.2. The second kappa shape index (κ2) is 12.9. The maximum Gasteiger partial charge on any atom is 0.128 e. The highest BCUT2D eigenvalue weighted by Gasteiger charge is 2.31. The third-order valence-corrected chi connectivity index (χ3v) is 10.7. The predicted octanol–water partition coefficient (Wildman–Crippen LogP) is 8.28. The summed E-state index contributed by atoms with van der Waals surface area (Å²) in [7, 11) is 0. The molecular weight excluding hydrogens is 502 g/mol. The first kappa shape index (κ1) is 28.2. The van der Waals surface area contributed by atoms with Gasteiger partial charge in [-0.15, -0.1) is 0 Å². The zero-order valence-corrected chi connectivity index (χ0v) is 25.6. The molecule has 2 aromatic rings. The zero-order valence-electron chi connectivity index (χ0n) is 25.6. The third-order valence-electron chi connectivity index (χ3n) is 10.7. The van der Waals surface area contributed by atoms with E-state index in [9.17, 15) is 0 Å². The standard InChI is InChI=1S/C36H51N5/c1-4-28(2)41-29(3)40(27-37-41)36-20-18-35(19-21-36)39-24-22-38(23-25-39)34-16-13-30(14-17-34)10-11-31-12-15-33(26-31)32-8-6-5-7-9-32/h13-14,16-21,27-28,31-33H,3-12,15,22-26H2,1-2H3/t28?,31-,33?/m1/s1. The Morgan fingerprint density at radius 3 is 2.02 bits per heavy atom. The van der Waals surface area contributed by atoms with E-state index < -0.39 is 0 Å². The summed E-state index contributed by atoms with van der Waals surface area (Å²) >= 11 is 0. The predicted molar refractivity (Wildman–Crippen MR) is 175 cm³/mol. The molecule has 2 heterocycles. The van der Waals surface area contributed by atoms with E-state index in [-0.39, 0.29) is 0 Å². The molecule has 0 radical (unpaired) electrons. The fourth-order valence-corrected chi connectivity index (χ4v) is 7.81. The quantitative estimate of drug-likeness (QED) is 0.312. The van der Waals surface area contributed by atoms with E-state index in [1.807, 2.05) is 11.3 Å². The molecule has 2 saturated carbocycles. The van der Waals surface area contributed by atoms with Crippen LogP contribution in [0.4, 0.5) is 17.1 Å². The van der Waals surface area contributed by atoms with Gasteiger partial charge in [-0.05, 0) is 98.7 Å². The van der Waals surface area contributed by atoms with Crippen molar-refractivity contribution in [2.24, 2.45) is 22.9 Å². The lowest BCUT2D eigenvalue weighted by atomic mass is 9.79. The monoisotopic (exact) mass is 553 g/mol. The minimum Gasteiger partial charge on any atom is -0.368 e. The number of hydrogen-bond acceptors (Lipinski definition) is 5. The van der Waals surface area contributed by atoms with Crippen molar-refractivity contribution in [2.45, 2.75) is 90.5 Å². The van der Waals surface area contributed by atoms with Crippen molar-refractivity contribution < 1.29 is 0 Å². The van der Waals surface area contributed by atoms with Crippen LogP contribution in [0.3, 0.4) is 0 Å². The number of hydrazone groups is 1. The van der Waals surface area contributed by atoms with Crippen molar-refractivity contribution in [2.75, 3.05) is 40.9 Å². The van der Waals surface area contributed by atoms with Crippen LogP contribution < -0.4 is 14.7 Å². The molecule has 0 spiro atoms. The molecule has 41 heavy (non-hydrogen) atoms. The highest BCUT2D eigenvalue weighted by Crippen LogP contribution is 2.43. The molecule has 2 aliphatic heterocycles. The summed E-state index contributed by atoms with van der Waals surface area (Å²) in [6.45, 7) is 12.9. The van der Waals surface area contributed by atoms with Gasteiger partial charge in [0.1, 0.15) is 12.2 Å². The number of nitrogens with zero attached hydrogens (tertiary/aromatic N) is 5. The Morgan fingerprint density at radius 1 is 0.780 bits per heavy atom. The van der Waals surface area contributed by atoms with E-state index in [4.69, 9.17) is 0 Å². The highest BCUT2D eigenvalue weighted by atomic mass is 15.6. The first-order chi connectivity index (χ1) is 20.1. The SMILES string of the molecule is C=C1N(c2ccc(N3CCN(c4ccc(CC[C@@H]5CCC(C6CCCCC6)C5)cc4)CC3)cc2)C=NN1C(C)CC. The van der Waals surface area contributed by atoms with Gasteiger partial charge in [0.05, 0.1) is 6.04 Å². The van der Waals surface area contributed by atoms with Crippen LogP contribution in [0, 0.1) is 17.8 Å². The Morgan fingerprint density at radius 2 is 1.39 bits per heavy atom. The van der Waals surface area contributed by atoms with Crippen LogP contribution in [-0.4, -0.2) is 43.6 Å². The van der Waals surface area contributed by atoms with Crippen molar-refractivity contribution in [3.05, 3.63) is 66.5 Å². The van der Waals surface area contributed by atoms with Gasteiger partial charge in [-0.3, -0.25) is 4.90 Å². The Hall–Kier alpha value is -2.95. The Bertz CT molecular complexity index is 1160. The number of aryl methyl sites for hydroxylation is 1. The maximum absolute atomic E-state index is 4.57. The van der Waals surface area contributed by atoms with Gasteiger partial charge in [0.2, 0.25) is 0 Å². The fourth-order valence-electron chi connectivity index (χ4n) is 7.81. The van der Waals surface area contributed by atoms with Gasteiger partial charge in [0.25, 0.3) is 0 Å². The van der Waals surface area contributed by atoms with Gasteiger partial charge >= 0.3 is 0 Å². The van der Waals surface area contributed by atoms with E-state index >= 15 is 0 Å². The molecule has 3 fully saturated rings. The van der Waals surface area contributed by atoms with Crippen molar-refractivity contribution in [3.8, 4) is 0 Å². The molecule has 5 nitrogen and oxygen atoms in total. The molecule has 1 saturated heterocycles. The summed E-state index contributed by atoms with van der Waals surface area (Å²) in [6.07, 6.45) is 17.5. The largest absolute Gasteiger partial charge is 0.368 e. The van der Waals surface area contributed by atoms with E-state index in [0.717, 1.165) is 61.9 Å². The molecule has 220 valence electrons. The molecular formula is C36H51N5. The smallest absolute Gasteiger partial charge is 0.128 e. The number of rotatable bonds is 9. The third kappa shape index (κ3) is 6.44. The number of piperazine rings is 1. The summed E-state index contributed by atoms with van der Waals surface area (Å²) in [4.78, 5) is 7.14. The van der Waals surface area contributed by atoms with E-state index in [1.54, 1.807) is 0 Å². The highest BCUT2D eigenvalue weighted by molar-refractivity contribution is 5.85. The minimum atomic E-state index is 0.353. The molecule has 3 atom stereocenters. The Balaban J connectivity index is 0.951. The summed E-state index contributed by atoms with van der Waals surface area (Å²) in [5.74, 6) is 3.98. The van der Waals surface area contributed by atoms with E-state index in [1.165, 1.54) is 81.1 Å². The molecule has 6 rings (SSSR count). The van der Waals surface area contributed by atoms with Crippen LogP contribution in [-0.2, 0) is 6.42 Å². The summed E-state index contributed by atoms with van der Waals surface area (Å²) < 4.78 is 0. The van der Waals surface area contributed by atoms with Crippen LogP contribution >= 0.6 is 0 Å². The summed E-state index contributed by atoms with van der Waals surface area (Å²) in [5, 5.41) is 6.58. The molecule has 0 N–H and O–H groups in total. The van der Waals surface area contributed by atoms with Gasteiger partial charge in [-0.1, -0.05) is 64.2 Å². The first-order valence-electron chi connectivity index (χ1n) is 16.6. The second-order valence-electron chi connectivity index (χ2n) is 13.2. The lowest BCUT2D eigenvalue weighted by Crippen LogP contribution is -2.46. The molecule has 2 aromatic carbocycles. The normalized spacial score (nSPS) is 24.5. The van der Waals surface area contributed by atoms with Crippen molar-refractivity contribution in [3.63, 3.8) is 0 Å². The topological polar surface area (TPSA) is 25.3 Å². The molecule has 2 aliphatic carbocycles. The molecule has 4 aliphatic rings. The number of hydrogen-bond donors (Lipinski definition) is 0. The van der Waals surface area contributed by atoms with E-state index in [2.05, 4.69) is 88.8 Å². The number of benzene rings is 2. The van der Waals surface area contributed by atoms with Gasteiger partial charge in [0, 0.05) is 43.2 Å².